The number of rotatable bonds is 25. The Kier molecular flexibility index (Phi) is 29.2. The zero-order valence-corrected chi connectivity index (χ0v) is 40.2. The molecule has 2 saturated carbocycles. The highest BCUT2D eigenvalue weighted by atomic mass is 33.1. The van der Waals surface area contributed by atoms with Crippen molar-refractivity contribution < 1.29 is 62.0 Å². The molecule has 0 aromatic rings. The first-order valence-electron chi connectivity index (χ1n) is 21.8. The Labute approximate surface area is 392 Å². The zero-order valence-electron chi connectivity index (χ0n) is 36.9. The highest BCUT2D eigenvalue weighted by molar-refractivity contribution is 8.77. The van der Waals surface area contributed by atoms with Crippen molar-refractivity contribution in [2.75, 3.05) is 103 Å². The molecule has 5 rings (SSSR count). The van der Waals surface area contributed by atoms with E-state index in [-0.39, 0.29) is 25.5 Å². The van der Waals surface area contributed by atoms with Gasteiger partial charge in [0.2, 0.25) is 0 Å². The Hall–Kier alpha value is -3.38. The molecule has 0 spiro atoms. The van der Waals surface area contributed by atoms with E-state index in [1.165, 1.54) is 24.9 Å². The Morgan fingerprint density at radius 2 is 0.969 bits per heavy atom. The van der Waals surface area contributed by atoms with Gasteiger partial charge in [0.25, 0.3) is 11.8 Å². The fourth-order valence-corrected chi connectivity index (χ4v) is 10.6. The van der Waals surface area contributed by atoms with Crippen molar-refractivity contribution in [3.63, 3.8) is 0 Å². The van der Waals surface area contributed by atoms with E-state index in [1.807, 2.05) is 0 Å². The van der Waals surface area contributed by atoms with Crippen LogP contribution in [0.1, 0.15) is 64.2 Å². The summed E-state index contributed by atoms with van der Waals surface area (Å²) in [7, 11) is 9.38. The molecular weight excluding hydrogens is 911 g/mol. The minimum atomic E-state index is -1.07. The fourth-order valence-electron chi connectivity index (χ4n) is 7.25. The van der Waals surface area contributed by atoms with E-state index in [4.69, 9.17) is 28.4 Å². The average molecular weight is 976 g/mol. The van der Waals surface area contributed by atoms with Crippen LogP contribution in [0.4, 0.5) is 19.2 Å². The summed E-state index contributed by atoms with van der Waals surface area (Å²) < 4.78 is 31.4. The fraction of sp³-hybridized carbons (Fsp3) is 0.762. The predicted molar refractivity (Wildman–Crippen MR) is 248 cm³/mol. The topological polar surface area (TPSA) is 232 Å². The van der Waals surface area contributed by atoms with E-state index >= 15 is 0 Å². The second kappa shape index (κ2) is 34.0. The predicted octanol–water partition coefficient (Wildman–Crippen LogP) is 5.25. The summed E-state index contributed by atoms with van der Waals surface area (Å²) >= 11 is 0. The van der Waals surface area contributed by atoms with Gasteiger partial charge >= 0.3 is 24.4 Å². The summed E-state index contributed by atoms with van der Waals surface area (Å²) in [5.41, 5.74) is 4.50. The first kappa shape index (κ1) is 55.0. The molecule has 5 aliphatic rings. The minimum absolute atomic E-state index is 0.0402. The van der Waals surface area contributed by atoms with Crippen LogP contribution in [0.2, 0.25) is 0 Å². The number of ether oxygens (including phenoxy) is 6. The van der Waals surface area contributed by atoms with E-state index in [9.17, 15) is 28.8 Å². The Morgan fingerprint density at radius 1 is 0.578 bits per heavy atom. The maximum absolute atomic E-state index is 11.8. The number of carbonyl (C=O) groups excluding carboxylic acids is 6. The van der Waals surface area contributed by atoms with Gasteiger partial charge in [0.05, 0.1) is 39.6 Å². The number of nitrogens with one attached hydrogen (secondary N) is 3. The van der Waals surface area contributed by atoms with Crippen molar-refractivity contribution in [2.45, 2.75) is 64.2 Å². The third-order valence-corrected chi connectivity index (χ3v) is 15.1. The summed E-state index contributed by atoms with van der Waals surface area (Å²) in [5, 5.41) is 8.28. The van der Waals surface area contributed by atoms with Crippen molar-refractivity contribution in [1.29, 1.82) is 0 Å². The van der Waals surface area contributed by atoms with Gasteiger partial charge in [0.15, 0.2) is 0 Å². The van der Waals surface area contributed by atoms with Crippen molar-refractivity contribution >= 4 is 79.4 Å². The number of amides is 5. The van der Waals surface area contributed by atoms with Gasteiger partial charge in [-0.3, -0.25) is 14.4 Å². The van der Waals surface area contributed by atoms with Gasteiger partial charge < -0.3 is 50.1 Å². The normalized spacial score (nSPS) is 22.3. The largest absolute Gasteiger partial charge is 0.533 e. The number of nitrogens with two attached hydrogens (primary N) is 1. The lowest BCUT2D eigenvalue weighted by molar-refractivity contribution is -0.176. The highest BCUT2D eigenvalue weighted by Gasteiger charge is 2.50. The maximum Gasteiger partial charge on any atom is 0.533 e. The molecule has 4 unspecified atom stereocenters. The van der Waals surface area contributed by atoms with Crippen LogP contribution < -0.4 is 21.7 Å². The quantitative estimate of drug-likeness (QED) is 0.0229. The third kappa shape index (κ3) is 23.2. The molecule has 0 aromatic carbocycles. The summed E-state index contributed by atoms with van der Waals surface area (Å²) in [6.07, 6.45) is 6.19. The van der Waals surface area contributed by atoms with E-state index in [1.54, 1.807) is 32.4 Å². The summed E-state index contributed by atoms with van der Waals surface area (Å²) in [4.78, 5) is 73.2. The zero-order chi connectivity index (χ0) is 46.2. The number of fused-ring (bicyclic) bond motifs is 2. The first-order chi connectivity index (χ1) is 31.3. The van der Waals surface area contributed by atoms with Crippen LogP contribution >= 0.6 is 43.2 Å². The highest BCUT2D eigenvalue weighted by Crippen LogP contribution is 2.53. The third-order valence-electron chi connectivity index (χ3n) is 10.5. The minimum Gasteiger partial charge on any atom is -0.449 e. The second-order valence-corrected chi connectivity index (χ2v) is 20.0. The van der Waals surface area contributed by atoms with Crippen molar-refractivity contribution in [2.24, 2.45) is 41.2 Å². The molecule has 1 heterocycles. The van der Waals surface area contributed by atoms with Crippen LogP contribution in [-0.2, 0) is 42.8 Å². The van der Waals surface area contributed by atoms with Crippen LogP contribution in [0.15, 0.2) is 0 Å². The van der Waals surface area contributed by atoms with Gasteiger partial charge in [-0.2, -0.15) is 0 Å². The van der Waals surface area contributed by atoms with E-state index in [0.29, 0.717) is 106 Å². The van der Waals surface area contributed by atoms with E-state index in [0.717, 1.165) is 68.6 Å². The van der Waals surface area contributed by atoms with Gasteiger partial charge in [-0.15, -0.1) is 23.7 Å². The van der Waals surface area contributed by atoms with Crippen molar-refractivity contribution in [1.82, 2.24) is 21.0 Å². The number of imide groups is 1. The van der Waals surface area contributed by atoms with Crippen molar-refractivity contribution in [3.05, 3.63) is 0 Å². The van der Waals surface area contributed by atoms with E-state index in [2.05, 4.69) is 50.2 Å². The monoisotopic (exact) mass is 975 g/mol. The number of hydroxylamine groups is 2. The van der Waals surface area contributed by atoms with Gasteiger partial charge in [-0.25, -0.2) is 19.2 Å². The molecule has 22 heteroatoms. The number of carbonyl (C=O) groups is 6. The summed E-state index contributed by atoms with van der Waals surface area (Å²) in [6.45, 7) is 4.30. The molecule has 1 aliphatic heterocycles. The molecule has 18 nitrogen and oxygen atoms in total. The molecule has 1 saturated heterocycles. The van der Waals surface area contributed by atoms with Crippen LogP contribution in [0.3, 0.4) is 0 Å². The van der Waals surface area contributed by atoms with E-state index < -0.39 is 30.2 Å². The molecule has 4 atom stereocenters. The van der Waals surface area contributed by atoms with Gasteiger partial charge in [0, 0.05) is 81.7 Å². The number of nitrogens with zero attached hydrogens (tertiary/aromatic N) is 1. The maximum atomic E-state index is 11.8. The number of hydrogen-bond donors (Lipinski definition) is 4. The standard InChI is InChI=1S/C22H30N2O8S2.C19H30N2O5S2.CH5N/c25-19-7-8-20(26)24(19)32-22(28)30-12-14-34-33-13-11-29-10-9-23-21(27)31-15-18-16-5-3-1-2-4-6-17(16)18;1-20-18(22)25-11-13-28-27-12-10-24-9-8-21-19(23)26-14-17-15-6-4-2-3-5-7-16(15)17;1-2/h16-18H,3-15H2,(H,23,27);15-17H,4-14H2,1H3,(H,20,22)(H,21,23);2H2,1H3. The molecule has 0 aromatic heterocycles. The first-order valence-corrected chi connectivity index (χ1v) is 26.8. The molecule has 5 N–H and O–H groups in total. The molecule has 0 bridgehead atoms. The molecular formula is C42H65N5O13S4. The number of hydrogen-bond acceptors (Lipinski definition) is 18. The molecule has 4 aliphatic carbocycles. The summed E-state index contributed by atoms with van der Waals surface area (Å²) in [6, 6.07) is 0. The molecule has 64 heavy (non-hydrogen) atoms. The average Bonchev–Trinajstić information content (AvgIpc) is 4.11. The van der Waals surface area contributed by atoms with Crippen LogP contribution in [-0.4, -0.2) is 144 Å². The lowest BCUT2D eigenvalue weighted by Crippen LogP contribution is -2.32. The SMILES string of the molecule is CN.CNC(=O)OCCSSCCOCCNC(=O)OCC1C2CCC#CCCC21.O=C(NCCOCCSSCCOC(=O)ON1C(=O)CCC1=O)OCC1C2CCC#CCCC21. The smallest absolute Gasteiger partial charge is 0.449 e. The lowest BCUT2D eigenvalue weighted by atomic mass is 10.1. The Morgan fingerprint density at radius 3 is 1.38 bits per heavy atom. The molecule has 5 amide bonds. The number of alkyl carbamates (subject to hydrolysis) is 3. The van der Waals surface area contributed by atoms with Gasteiger partial charge in [-0.05, 0) is 68.2 Å². The molecule has 360 valence electrons. The Balaban J connectivity index is 0.000000334. The van der Waals surface area contributed by atoms with Crippen LogP contribution in [0.5, 0.6) is 0 Å². The van der Waals surface area contributed by atoms with Crippen molar-refractivity contribution in [3.8, 4) is 23.7 Å². The lowest BCUT2D eigenvalue weighted by Gasteiger charge is -2.12. The second-order valence-electron chi connectivity index (χ2n) is 14.6. The molecule has 0 radical (unpaired) electrons. The van der Waals surface area contributed by atoms with Gasteiger partial charge in [-0.1, -0.05) is 48.2 Å². The summed E-state index contributed by atoms with van der Waals surface area (Å²) in [5.74, 6) is 18.2. The van der Waals surface area contributed by atoms with Gasteiger partial charge in [0.1, 0.15) is 13.2 Å². The van der Waals surface area contributed by atoms with Crippen LogP contribution in [0, 0.1) is 59.2 Å². The Bertz CT molecular complexity index is 1530. The molecule has 3 fully saturated rings. The van der Waals surface area contributed by atoms with Crippen LogP contribution in [0.25, 0.3) is 0 Å².